The molecule has 2 amide bonds. The van der Waals surface area contributed by atoms with E-state index in [1.807, 2.05) is 12.1 Å². The molecule has 1 aliphatic rings. The van der Waals surface area contributed by atoms with Crippen LogP contribution in [0.2, 0.25) is 0 Å². The lowest BCUT2D eigenvalue weighted by Crippen LogP contribution is -2.46. The van der Waals surface area contributed by atoms with Crippen LogP contribution in [0, 0.1) is 11.3 Å². The highest BCUT2D eigenvalue weighted by Gasteiger charge is 2.34. The largest absolute Gasteiger partial charge is 0.347 e. The number of carbonyl (C=O) groups is 2. The maximum absolute atomic E-state index is 12.4. The quantitative estimate of drug-likeness (QED) is 0.826. The highest BCUT2D eigenvalue weighted by molar-refractivity contribution is 7.99. The van der Waals surface area contributed by atoms with Gasteiger partial charge in [-0.2, -0.15) is 5.26 Å². The zero-order chi connectivity index (χ0) is 16.8. The fourth-order valence-electron chi connectivity index (χ4n) is 2.63. The second-order valence-electron chi connectivity index (χ2n) is 5.78. The highest BCUT2D eigenvalue weighted by atomic mass is 32.2. The predicted molar refractivity (Wildman–Crippen MR) is 90.7 cm³/mol. The van der Waals surface area contributed by atoms with Gasteiger partial charge in [-0.3, -0.25) is 9.59 Å². The van der Waals surface area contributed by atoms with Gasteiger partial charge in [0.25, 0.3) is 0 Å². The Bertz CT molecular complexity index is 607. The molecule has 6 heteroatoms. The van der Waals surface area contributed by atoms with E-state index in [0.29, 0.717) is 17.9 Å². The summed E-state index contributed by atoms with van der Waals surface area (Å²) < 4.78 is 0. The van der Waals surface area contributed by atoms with Gasteiger partial charge < -0.3 is 9.80 Å². The van der Waals surface area contributed by atoms with Crippen LogP contribution in [0.5, 0.6) is 0 Å². The van der Waals surface area contributed by atoms with Crippen LogP contribution in [0.1, 0.15) is 24.0 Å². The van der Waals surface area contributed by atoms with Crippen LogP contribution in [-0.4, -0.2) is 54.0 Å². The lowest BCUT2D eigenvalue weighted by Gasteiger charge is -2.26. The minimum Gasteiger partial charge on any atom is -0.347 e. The summed E-state index contributed by atoms with van der Waals surface area (Å²) in [7, 11) is 3.45. The van der Waals surface area contributed by atoms with Crippen molar-refractivity contribution in [1.82, 2.24) is 9.80 Å². The number of benzene rings is 1. The number of nitriles is 1. The molecule has 1 saturated heterocycles. The SMILES string of the molecule is CN(C)C(=O)[C@H]1CCCN1C(=O)CSCc1ccc(C#N)cc1. The minimum absolute atomic E-state index is 0.00735. The molecule has 1 aliphatic heterocycles. The van der Waals surface area contributed by atoms with Crippen LogP contribution in [-0.2, 0) is 15.3 Å². The summed E-state index contributed by atoms with van der Waals surface area (Å²) in [6.45, 7) is 0.667. The maximum Gasteiger partial charge on any atom is 0.244 e. The van der Waals surface area contributed by atoms with Gasteiger partial charge in [0.1, 0.15) is 6.04 Å². The highest BCUT2D eigenvalue weighted by Crippen LogP contribution is 2.21. The number of amides is 2. The van der Waals surface area contributed by atoms with Gasteiger partial charge in [0.15, 0.2) is 0 Å². The van der Waals surface area contributed by atoms with E-state index in [-0.39, 0.29) is 17.9 Å². The molecule has 0 radical (unpaired) electrons. The fraction of sp³-hybridized carbons (Fsp3) is 0.471. The standard InChI is InChI=1S/C17H21N3O2S/c1-19(2)17(22)15-4-3-9-20(15)16(21)12-23-11-14-7-5-13(10-18)6-8-14/h5-8,15H,3-4,9,11-12H2,1-2H3/t15-/m1/s1. The summed E-state index contributed by atoms with van der Waals surface area (Å²) in [5, 5.41) is 8.77. The van der Waals surface area contributed by atoms with E-state index in [0.717, 1.165) is 24.2 Å². The summed E-state index contributed by atoms with van der Waals surface area (Å²) in [6, 6.07) is 9.17. The number of likely N-dealkylation sites (tertiary alicyclic amines) is 1. The molecule has 0 spiro atoms. The molecule has 2 rings (SSSR count). The molecule has 1 atom stereocenters. The van der Waals surface area contributed by atoms with Crippen molar-refractivity contribution in [2.45, 2.75) is 24.6 Å². The number of hydrogen-bond acceptors (Lipinski definition) is 4. The van der Waals surface area contributed by atoms with Gasteiger partial charge >= 0.3 is 0 Å². The monoisotopic (exact) mass is 331 g/mol. The van der Waals surface area contributed by atoms with Gasteiger partial charge in [-0.25, -0.2) is 0 Å². The number of thioether (sulfide) groups is 1. The lowest BCUT2D eigenvalue weighted by molar-refractivity contribution is -0.140. The molecule has 1 heterocycles. The van der Waals surface area contributed by atoms with Crippen molar-refractivity contribution < 1.29 is 9.59 Å². The van der Waals surface area contributed by atoms with Gasteiger partial charge in [-0.05, 0) is 30.5 Å². The maximum atomic E-state index is 12.4. The van der Waals surface area contributed by atoms with Crippen LogP contribution < -0.4 is 0 Å². The van der Waals surface area contributed by atoms with Crippen LogP contribution in [0.3, 0.4) is 0 Å². The van der Waals surface area contributed by atoms with E-state index in [9.17, 15) is 9.59 Å². The molecule has 122 valence electrons. The van der Waals surface area contributed by atoms with Crippen LogP contribution in [0.4, 0.5) is 0 Å². The molecule has 0 aromatic heterocycles. The van der Waals surface area contributed by atoms with Crippen molar-refractivity contribution in [2.24, 2.45) is 0 Å². The number of rotatable bonds is 5. The summed E-state index contributed by atoms with van der Waals surface area (Å²) in [5.74, 6) is 1.13. The topological polar surface area (TPSA) is 64.4 Å². The second-order valence-corrected chi connectivity index (χ2v) is 6.76. The van der Waals surface area contributed by atoms with E-state index in [2.05, 4.69) is 6.07 Å². The molecule has 0 bridgehead atoms. The van der Waals surface area contributed by atoms with Crippen LogP contribution in [0.15, 0.2) is 24.3 Å². The zero-order valence-electron chi connectivity index (χ0n) is 13.5. The third kappa shape index (κ3) is 4.49. The zero-order valence-corrected chi connectivity index (χ0v) is 14.3. The predicted octanol–water partition coefficient (Wildman–Crippen LogP) is 1.87. The molecule has 1 fully saturated rings. The van der Waals surface area contributed by atoms with E-state index in [1.165, 1.54) is 11.8 Å². The fourth-order valence-corrected chi connectivity index (χ4v) is 3.51. The molecular weight excluding hydrogens is 310 g/mol. The van der Waals surface area contributed by atoms with Gasteiger partial charge in [0, 0.05) is 26.4 Å². The van der Waals surface area contributed by atoms with Gasteiger partial charge in [0.2, 0.25) is 11.8 Å². The smallest absolute Gasteiger partial charge is 0.244 e. The third-order valence-corrected chi connectivity index (χ3v) is 4.86. The summed E-state index contributed by atoms with van der Waals surface area (Å²) in [4.78, 5) is 27.8. The van der Waals surface area contributed by atoms with E-state index < -0.39 is 0 Å². The molecule has 0 aliphatic carbocycles. The molecule has 5 nitrogen and oxygen atoms in total. The Balaban J connectivity index is 1.84. The van der Waals surface area contributed by atoms with Crippen LogP contribution >= 0.6 is 11.8 Å². The Morgan fingerprint density at radius 3 is 2.65 bits per heavy atom. The first-order chi connectivity index (χ1) is 11.0. The van der Waals surface area contributed by atoms with Crippen molar-refractivity contribution in [3.05, 3.63) is 35.4 Å². The first-order valence-corrected chi connectivity index (χ1v) is 8.76. The van der Waals surface area contributed by atoms with Gasteiger partial charge in [0.05, 0.1) is 17.4 Å². The number of nitrogens with zero attached hydrogens (tertiary/aromatic N) is 3. The van der Waals surface area contributed by atoms with Crippen molar-refractivity contribution >= 4 is 23.6 Å². The minimum atomic E-state index is -0.298. The van der Waals surface area contributed by atoms with Crippen molar-refractivity contribution in [3.63, 3.8) is 0 Å². The molecular formula is C17H21N3O2S. The van der Waals surface area contributed by atoms with E-state index in [4.69, 9.17) is 5.26 Å². The van der Waals surface area contributed by atoms with Crippen molar-refractivity contribution in [1.29, 1.82) is 5.26 Å². The number of hydrogen-bond donors (Lipinski definition) is 0. The summed E-state index contributed by atoms with van der Waals surface area (Å²) >= 11 is 1.54. The van der Waals surface area contributed by atoms with Crippen LogP contribution in [0.25, 0.3) is 0 Å². The Morgan fingerprint density at radius 2 is 2.04 bits per heavy atom. The normalized spacial score (nSPS) is 16.9. The molecule has 0 N–H and O–H groups in total. The molecule has 1 aromatic rings. The Hall–Kier alpha value is -2.00. The second kappa shape index (κ2) is 8.02. The summed E-state index contributed by atoms with van der Waals surface area (Å²) in [5.41, 5.74) is 1.72. The molecule has 23 heavy (non-hydrogen) atoms. The van der Waals surface area contributed by atoms with Gasteiger partial charge in [-0.15, -0.1) is 11.8 Å². The van der Waals surface area contributed by atoms with Crippen molar-refractivity contribution in [2.75, 3.05) is 26.4 Å². The Kier molecular flexibility index (Phi) is 6.05. The van der Waals surface area contributed by atoms with Crippen molar-refractivity contribution in [3.8, 4) is 6.07 Å². The number of likely N-dealkylation sites (N-methyl/N-ethyl adjacent to an activating group) is 1. The number of carbonyl (C=O) groups excluding carboxylic acids is 2. The van der Waals surface area contributed by atoms with Gasteiger partial charge in [-0.1, -0.05) is 12.1 Å². The molecule has 1 aromatic carbocycles. The lowest BCUT2D eigenvalue weighted by atomic mass is 10.2. The Labute approximate surface area is 141 Å². The average molecular weight is 331 g/mol. The molecule has 0 unspecified atom stereocenters. The first-order valence-electron chi connectivity index (χ1n) is 7.60. The average Bonchev–Trinajstić information content (AvgIpc) is 3.04. The van der Waals surface area contributed by atoms with E-state index >= 15 is 0 Å². The third-order valence-electron chi connectivity index (χ3n) is 3.88. The van der Waals surface area contributed by atoms with E-state index in [1.54, 1.807) is 36.0 Å². The summed E-state index contributed by atoms with van der Waals surface area (Å²) in [6.07, 6.45) is 1.64. The first kappa shape index (κ1) is 17.4. The Morgan fingerprint density at radius 1 is 1.35 bits per heavy atom. The molecule has 0 saturated carbocycles.